The molecule has 1 aromatic carbocycles. The summed E-state index contributed by atoms with van der Waals surface area (Å²) in [7, 11) is 3.81. The van der Waals surface area contributed by atoms with Gasteiger partial charge in [-0.15, -0.1) is 11.3 Å². The van der Waals surface area contributed by atoms with Gasteiger partial charge in [0.1, 0.15) is 10.6 Å². The second-order valence-electron chi connectivity index (χ2n) is 5.59. The molecule has 0 aliphatic heterocycles. The van der Waals surface area contributed by atoms with E-state index in [-0.39, 0.29) is 5.60 Å². The summed E-state index contributed by atoms with van der Waals surface area (Å²) in [4.78, 5) is 6.27. The summed E-state index contributed by atoms with van der Waals surface area (Å²) in [5, 5.41) is 4.40. The van der Waals surface area contributed by atoms with E-state index in [1.54, 1.807) is 11.3 Å². The van der Waals surface area contributed by atoms with Gasteiger partial charge in [0.05, 0.1) is 5.69 Å². The number of nitrogens with zero attached hydrogens (tertiary/aromatic N) is 1. The van der Waals surface area contributed by atoms with Crippen molar-refractivity contribution < 1.29 is 4.74 Å². The molecule has 21 heavy (non-hydrogen) atoms. The van der Waals surface area contributed by atoms with Gasteiger partial charge < -0.3 is 10.1 Å². The number of thiazole rings is 1. The van der Waals surface area contributed by atoms with Crippen molar-refractivity contribution in [1.29, 1.82) is 0 Å². The van der Waals surface area contributed by atoms with Crippen molar-refractivity contribution in [3.8, 4) is 11.3 Å². The van der Waals surface area contributed by atoms with E-state index in [2.05, 4.69) is 29.6 Å². The van der Waals surface area contributed by atoms with Crippen molar-refractivity contribution in [1.82, 2.24) is 10.3 Å². The number of hydrogen-bond acceptors (Lipinski definition) is 4. The molecule has 1 aliphatic carbocycles. The van der Waals surface area contributed by atoms with E-state index in [1.807, 2.05) is 20.2 Å². The number of nitrogens with one attached hydrogen (secondary N) is 1. The Balaban J connectivity index is 2.04. The molecule has 0 atom stereocenters. The van der Waals surface area contributed by atoms with Crippen LogP contribution in [0, 0.1) is 0 Å². The monoisotopic (exact) mass is 302 g/mol. The molecule has 0 spiro atoms. The fourth-order valence-corrected chi connectivity index (χ4v) is 4.42. The van der Waals surface area contributed by atoms with Crippen LogP contribution in [0.5, 0.6) is 0 Å². The Kier molecular flexibility index (Phi) is 4.38. The van der Waals surface area contributed by atoms with E-state index >= 15 is 0 Å². The highest BCUT2D eigenvalue weighted by Gasteiger charge is 2.39. The van der Waals surface area contributed by atoms with Crippen molar-refractivity contribution in [2.45, 2.75) is 37.8 Å². The number of benzene rings is 1. The van der Waals surface area contributed by atoms with Crippen LogP contribution in [0.15, 0.2) is 30.3 Å². The predicted octanol–water partition coefficient (Wildman–Crippen LogP) is 3.95. The van der Waals surface area contributed by atoms with Gasteiger partial charge in [-0.25, -0.2) is 4.98 Å². The first-order chi connectivity index (χ1) is 10.3. The second kappa shape index (κ2) is 6.26. The minimum absolute atomic E-state index is 0.153. The smallest absolute Gasteiger partial charge is 0.126 e. The zero-order chi connectivity index (χ0) is 14.7. The lowest BCUT2D eigenvalue weighted by molar-refractivity contribution is -0.00879. The highest BCUT2D eigenvalue weighted by atomic mass is 32.1. The summed E-state index contributed by atoms with van der Waals surface area (Å²) in [6.45, 7) is 0.849. The maximum atomic E-state index is 5.89. The summed E-state index contributed by atoms with van der Waals surface area (Å²) >= 11 is 1.80. The summed E-state index contributed by atoms with van der Waals surface area (Å²) in [6.07, 6.45) is 4.64. The molecule has 1 saturated carbocycles. The van der Waals surface area contributed by atoms with E-state index in [4.69, 9.17) is 9.72 Å². The van der Waals surface area contributed by atoms with Crippen LogP contribution >= 0.6 is 11.3 Å². The first-order valence-electron chi connectivity index (χ1n) is 7.54. The molecule has 0 bridgehead atoms. The van der Waals surface area contributed by atoms with Crippen molar-refractivity contribution >= 4 is 11.3 Å². The zero-order valence-electron chi connectivity index (χ0n) is 12.7. The highest BCUT2D eigenvalue weighted by molar-refractivity contribution is 7.12. The van der Waals surface area contributed by atoms with Gasteiger partial charge in [0.25, 0.3) is 0 Å². The van der Waals surface area contributed by atoms with Crippen LogP contribution in [0.2, 0.25) is 0 Å². The fourth-order valence-electron chi connectivity index (χ4n) is 3.10. The van der Waals surface area contributed by atoms with Crippen LogP contribution in [0.3, 0.4) is 0 Å². The molecular weight excluding hydrogens is 280 g/mol. The van der Waals surface area contributed by atoms with Crippen molar-refractivity contribution in [3.05, 3.63) is 40.2 Å². The Morgan fingerprint density at radius 1 is 1.24 bits per heavy atom. The minimum atomic E-state index is -0.153. The first-order valence-corrected chi connectivity index (χ1v) is 8.36. The SMILES string of the molecule is CNCc1sc(C2(OC)CCCC2)nc1-c1ccccc1. The van der Waals surface area contributed by atoms with Gasteiger partial charge in [-0.3, -0.25) is 0 Å². The van der Waals surface area contributed by atoms with Crippen LogP contribution in [-0.2, 0) is 16.9 Å². The molecule has 1 aromatic heterocycles. The number of ether oxygens (including phenoxy) is 1. The lowest BCUT2D eigenvalue weighted by Gasteiger charge is -2.24. The average Bonchev–Trinajstić information content (AvgIpc) is 3.16. The molecule has 1 heterocycles. The maximum absolute atomic E-state index is 5.89. The fraction of sp³-hybridized carbons (Fsp3) is 0.471. The minimum Gasteiger partial charge on any atom is -0.371 e. The van der Waals surface area contributed by atoms with E-state index < -0.39 is 0 Å². The van der Waals surface area contributed by atoms with E-state index in [0.29, 0.717) is 0 Å². The van der Waals surface area contributed by atoms with Crippen LogP contribution in [0.1, 0.15) is 35.6 Å². The topological polar surface area (TPSA) is 34.1 Å². The molecule has 0 amide bonds. The molecule has 1 aliphatic rings. The summed E-state index contributed by atoms with van der Waals surface area (Å²) in [5.74, 6) is 0. The molecule has 0 unspecified atom stereocenters. The van der Waals surface area contributed by atoms with Crippen LogP contribution in [-0.4, -0.2) is 19.1 Å². The van der Waals surface area contributed by atoms with Crippen molar-refractivity contribution in [3.63, 3.8) is 0 Å². The first kappa shape index (κ1) is 14.7. The van der Waals surface area contributed by atoms with Gasteiger partial charge in [-0.2, -0.15) is 0 Å². The molecule has 0 radical (unpaired) electrons. The second-order valence-corrected chi connectivity index (χ2v) is 6.68. The highest BCUT2D eigenvalue weighted by Crippen LogP contribution is 2.45. The summed E-state index contributed by atoms with van der Waals surface area (Å²) in [5.41, 5.74) is 2.14. The Morgan fingerprint density at radius 3 is 2.57 bits per heavy atom. The van der Waals surface area contributed by atoms with Gasteiger partial charge in [-0.1, -0.05) is 43.2 Å². The third kappa shape index (κ3) is 2.76. The third-order valence-corrected chi connectivity index (χ3v) is 5.51. The van der Waals surface area contributed by atoms with Gasteiger partial charge in [0.2, 0.25) is 0 Å². The standard InChI is InChI=1S/C17H22N2OS/c1-18-12-14-15(13-8-4-3-5-9-13)19-16(21-14)17(20-2)10-6-7-11-17/h3-5,8-9,18H,6-7,10-12H2,1-2H3. The summed E-state index contributed by atoms with van der Waals surface area (Å²) < 4.78 is 5.89. The molecule has 3 rings (SSSR count). The zero-order valence-corrected chi connectivity index (χ0v) is 13.5. The molecule has 1 fully saturated rings. The van der Waals surface area contributed by atoms with E-state index in [9.17, 15) is 0 Å². The largest absolute Gasteiger partial charge is 0.371 e. The molecule has 2 aromatic rings. The van der Waals surface area contributed by atoms with Crippen LogP contribution in [0.4, 0.5) is 0 Å². The number of aromatic nitrogens is 1. The van der Waals surface area contributed by atoms with Gasteiger partial charge in [-0.05, 0) is 19.9 Å². The van der Waals surface area contributed by atoms with Gasteiger partial charge in [0, 0.05) is 24.1 Å². The molecule has 112 valence electrons. The van der Waals surface area contributed by atoms with Crippen molar-refractivity contribution in [2.24, 2.45) is 0 Å². The Labute approximate surface area is 130 Å². The Hall–Kier alpha value is -1.23. The lowest BCUT2D eigenvalue weighted by Crippen LogP contribution is -2.24. The lowest BCUT2D eigenvalue weighted by atomic mass is 10.0. The van der Waals surface area contributed by atoms with E-state index in [0.717, 1.165) is 30.1 Å². The molecular formula is C17H22N2OS. The van der Waals surface area contributed by atoms with Crippen LogP contribution < -0.4 is 5.32 Å². The van der Waals surface area contributed by atoms with Crippen LogP contribution in [0.25, 0.3) is 11.3 Å². The molecule has 0 saturated heterocycles. The Morgan fingerprint density at radius 2 is 1.95 bits per heavy atom. The normalized spacial score (nSPS) is 17.2. The van der Waals surface area contributed by atoms with E-state index in [1.165, 1.54) is 23.3 Å². The van der Waals surface area contributed by atoms with Crippen molar-refractivity contribution in [2.75, 3.05) is 14.2 Å². The number of hydrogen-bond donors (Lipinski definition) is 1. The maximum Gasteiger partial charge on any atom is 0.126 e. The number of methoxy groups -OCH3 is 1. The third-order valence-electron chi connectivity index (χ3n) is 4.27. The summed E-state index contributed by atoms with van der Waals surface area (Å²) in [6, 6.07) is 10.4. The number of rotatable bonds is 5. The molecule has 1 N–H and O–H groups in total. The average molecular weight is 302 g/mol. The Bertz CT molecular complexity index is 588. The molecule has 4 heteroatoms. The van der Waals surface area contributed by atoms with Gasteiger partial charge >= 0.3 is 0 Å². The predicted molar refractivity (Wildman–Crippen MR) is 87.5 cm³/mol. The molecule has 3 nitrogen and oxygen atoms in total. The quantitative estimate of drug-likeness (QED) is 0.908. The van der Waals surface area contributed by atoms with Gasteiger partial charge in [0.15, 0.2) is 0 Å².